The lowest BCUT2D eigenvalue weighted by atomic mass is 9.99. The van der Waals surface area contributed by atoms with Crippen LogP contribution in [-0.4, -0.2) is 48.3 Å². The first-order chi connectivity index (χ1) is 10.6. The molecular weight excluding hydrogens is 308 g/mol. The number of ether oxygens (including phenoxy) is 4. The molecule has 1 fully saturated rings. The maximum Gasteiger partial charge on any atom is 0.303 e. The normalized spacial score (nSPS) is 27.7. The fourth-order valence-corrected chi connectivity index (χ4v) is 2.81. The summed E-state index contributed by atoms with van der Waals surface area (Å²) in [4.78, 5) is 45.1. The third-order valence-corrected chi connectivity index (χ3v) is 3.49. The Morgan fingerprint density at radius 3 is 1.70 bits per heavy atom. The van der Waals surface area contributed by atoms with Crippen LogP contribution < -0.4 is 0 Å². The quantitative estimate of drug-likeness (QED) is 0.537. The van der Waals surface area contributed by atoms with Gasteiger partial charge in [-0.25, -0.2) is 0 Å². The van der Waals surface area contributed by atoms with E-state index in [-0.39, 0.29) is 6.42 Å². The van der Waals surface area contributed by atoms with Crippen molar-refractivity contribution in [2.75, 3.05) is 0 Å². The molecule has 0 aliphatic heterocycles. The largest absolute Gasteiger partial charge is 0.462 e. The zero-order chi connectivity index (χ0) is 17.7. The van der Waals surface area contributed by atoms with Gasteiger partial charge in [-0.3, -0.25) is 19.2 Å². The number of rotatable bonds is 5. The SMILES string of the molecule is CC(=O)O[C@@H]1[C@@H]([C@H](C)OC(C)=O)C[C@H](OC(C)=O)[C@H]1OC(C)=O. The highest BCUT2D eigenvalue weighted by atomic mass is 16.6. The summed E-state index contributed by atoms with van der Waals surface area (Å²) in [5.41, 5.74) is 0. The molecular formula is C15H22O8. The number of esters is 4. The highest BCUT2D eigenvalue weighted by molar-refractivity contribution is 5.69. The van der Waals surface area contributed by atoms with E-state index in [1.54, 1.807) is 6.92 Å². The lowest BCUT2D eigenvalue weighted by Gasteiger charge is -2.27. The second-order valence-corrected chi connectivity index (χ2v) is 5.51. The first kappa shape index (κ1) is 18.9. The maximum absolute atomic E-state index is 11.4. The van der Waals surface area contributed by atoms with Gasteiger partial charge in [-0.15, -0.1) is 0 Å². The Balaban J connectivity index is 3.06. The van der Waals surface area contributed by atoms with E-state index in [0.29, 0.717) is 0 Å². The van der Waals surface area contributed by atoms with E-state index < -0.39 is 54.2 Å². The van der Waals surface area contributed by atoms with Crippen LogP contribution in [0.1, 0.15) is 41.0 Å². The Kier molecular flexibility index (Phi) is 6.53. The Labute approximate surface area is 134 Å². The molecule has 1 aliphatic rings. The van der Waals surface area contributed by atoms with Crippen molar-refractivity contribution >= 4 is 23.9 Å². The molecule has 0 amide bonds. The monoisotopic (exact) mass is 330 g/mol. The Morgan fingerprint density at radius 1 is 0.783 bits per heavy atom. The van der Waals surface area contributed by atoms with Crippen molar-refractivity contribution in [2.24, 2.45) is 5.92 Å². The van der Waals surface area contributed by atoms with Gasteiger partial charge in [0.1, 0.15) is 18.3 Å². The van der Waals surface area contributed by atoms with Crippen LogP contribution in [0.15, 0.2) is 0 Å². The predicted octanol–water partition coefficient (Wildman–Crippen LogP) is 0.753. The van der Waals surface area contributed by atoms with Gasteiger partial charge in [-0.1, -0.05) is 0 Å². The molecule has 23 heavy (non-hydrogen) atoms. The maximum atomic E-state index is 11.4. The van der Waals surface area contributed by atoms with E-state index in [4.69, 9.17) is 18.9 Å². The minimum absolute atomic E-state index is 0.240. The van der Waals surface area contributed by atoms with Crippen LogP contribution in [0.4, 0.5) is 0 Å². The standard InChI is InChI=1S/C15H22O8/c1-7(20-8(2)16)12-6-13(21-9(3)17)15(23-11(5)19)14(12)22-10(4)18/h7,12-15H,6H2,1-5H3/t7-,12+,13-,14+,15+/m0/s1. The number of hydrogen-bond acceptors (Lipinski definition) is 8. The summed E-state index contributed by atoms with van der Waals surface area (Å²) in [6.45, 7) is 6.56. The Bertz CT molecular complexity index is 486. The topological polar surface area (TPSA) is 105 Å². The van der Waals surface area contributed by atoms with E-state index in [0.717, 1.165) is 0 Å². The van der Waals surface area contributed by atoms with Gasteiger partial charge >= 0.3 is 23.9 Å². The zero-order valence-electron chi connectivity index (χ0n) is 13.9. The number of carbonyl (C=O) groups excluding carboxylic acids is 4. The van der Waals surface area contributed by atoms with E-state index >= 15 is 0 Å². The molecule has 1 rings (SSSR count). The van der Waals surface area contributed by atoms with Crippen molar-refractivity contribution in [3.63, 3.8) is 0 Å². The molecule has 0 aromatic carbocycles. The predicted molar refractivity (Wildman–Crippen MR) is 76.0 cm³/mol. The van der Waals surface area contributed by atoms with Crippen molar-refractivity contribution in [1.29, 1.82) is 0 Å². The number of carbonyl (C=O) groups is 4. The van der Waals surface area contributed by atoms with Crippen molar-refractivity contribution in [3.8, 4) is 0 Å². The summed E-state index contributed by atoms with van der Waals surface area (Å²) in [6.07, 6.45) is -2.94. The molecule has 0 aromatic heterocycles. The van der Waals surface area contributed by atoms with Crippen LogP contribution in [0.25, 0.3) is 0 Å². The van der Waals surface area contributed by atoms with Gasteiger partial charge in [0.05, 0.1) is 0 Å². The summed E-state index contributed by atoms with van der Waals surface area (Å²) in [7, 11) is 0. The molecule has 0 N–H and O–H groups in total. The lowest BCUT2D eigenvalue weighted by Crippen LogP contribution is -2.42. The van der Waals surface area contributed by atoms with Crippen LogP contribution in [0.3, 0.4) is 0 Å². The molecule has 130 valence electrons. The summed E-state index contributed by atoms with van der Waals surface area (Å²) >= 11 is 0. The van der Waals surface area contributed by atoms with Gasteiger partial charge in [0.15, 0.2) is 6.10 Å². The van der Waals surface area contributed by atoms with Crippen LogP contribution in [0.5, 0.6) is 0 Å². The smallest absolute Gasteiger partial charge is 0.303 e. The van der Waals surface area contributed by atoms with Crippen molar-refractivity contribution in [3.05, 3.63) is 0 Å². The van der Waals surface area contributed by atoms with Crippen LogP contribution in [0.2, 0.25) is 0 Å². The highest BCUT2D eigenvalue weighted by Gasteiger charge is 2.52. The van der Waals surface area contributed by atoms with Crippen LogP contribution in [-0.2, 0) is 38.1 Å². The molecule has 8 heteroatoms. The van der Waals surface area contributed by atoms with Crippen molar-refractivity contribution in [2.45, 2.75) is 65.5 Å². The molecule has 0 bridgehead atoms. The minimum atomic E-state index is -0.941. The third kappa shape index (κ3) is 5.54. The van der Waals surface area contributed by atoms with Crippen LogP contribution >= 0.6 is 0 Å². The van der Waals surface area contributed by atoms with Gasteiger partial charge in [0, 0.05) is 33.6 Å². The first-order valence-electron chi connectivity index (χ1n) is 7.30. The highest BCUT2D eigenvalue weighted by Crippen LogP contribution is 2.37. The van der Waals surface area contributed by atoms with E-state index in [1.807, 2.05) is 0 Å². The molecule has 0 aromatic rings. The van der Waals surface area contributed by atoms with Crippen molar-refractivity contribution < 1.29 is 38.1 Å². The molecule has 0 spiro atoms. The van der Waals surface area contributed by atoms with E-state index in [9.17, 15) is 19.2 Å². The second kappa shape index (κ2) is 7.94. The third-order valence-electron chi connectivity index (χ3n) is 3.49. The summed E-state index contributed by atoms with van der Waals surface area (Å²) < 4.78 is 20.8. The minimum Gasteiger partial charge on any atom is -0.462 e. The summed E-state index contributed by atoms with van der Waals surface area (Å²) in [6, 6.07) is 0. The molecule has 8 nitrogen and oxygen atoms in total. The average Bonchev–Trinajstić information content (AvgIpc) is 2.65. The fraction of sp³-hybridized carbons (Fsp3) is 0.733. The Morgan fingerprint density at radius 2 is 1.26 bits per heavy atom. The lowest BCUT2D eigenvalue weighted by molar-refractivity contribution is -0.177. The molecule has 1 aliphatic carbocycles. The molecule has 0 unspecified atom stereocenters. The summed E-state index contributed by atoms with van der Waals surface area (Å²) in [5, 5.41) is 0. The molecule has 0 radical (unpaired) electrons. The molecule has 5 atom stereocenters. The van der Waals surface area contributed by atoms with E-state index in [2.05, 4.69) is 0 Å². The Hall–Kier alpha value is -2.12. The van der Waals surface area contributed by atoms with Crippen molar-refractivity contribution in [1.82, 2.24) is 0 Å². The van der Waals surface area contributed by atoms with Gasteiger partial charge in [0.2, 0.25) is 0 Å². The zero-order valence-corrected chi connectivity index (χ0v) is 13.9. The van der Waals surface area contributed by atoms with Gasteiger partial charge in [0.25, 0.3) is 0 Å². The number of hydrogen-bond donors (Lipinski definition) is 0. The van der Waals surface area contributed by atoms with Gasteiger partial charge in [-0.2, -0.15) is 0 Å². The van der Waals surface area contributed by atoms with Gasteiger partial charge < -0.3 is 18.9 Å². The van der Waals surface area contributed by atoms with Crippen LogP contribution in [0, 0.1) is 5.92 Å². The van der Waals surface area contributed by atoms with E-state index in [1.165, 1.54) is 27.7 Å². The van der Waals surface area contributed by atoms with Gasteiger partial charge in [-0.05, 0) is 13.3 Å². The molecule has 1 saturated carbocycles. The summed E-state index contributed by atoms with van der Waals surface area (Å²) in [5.74, 6) is -2.66. The molecule has 0 heterocycles. The first-order valence-corrected chi connectivity index (χ1v) is 7.30. The second-order valence-electron chi connectivity index (χ2n) is 5.51. The average molecular weight is 330 g/mol. The fourth-order valence-electron chi connectivity index (χ4n) is 2.81. The molecule has 0 saturated heterocycles.